The van der Waals surface area contributed by atoms with Crippen molar-refractivity contribution in [2.45, 2.75) is 19.8 Å². The second-order valence-corrected chi connectivity index (χ2v) is 6.97. The first-order valence-electron chi connectivity index (χ1n) is 8.42. The lowest BCUT2D eigenvalue weighted by molar-refractivity contribution is 0.419. The Hall–Kier alpha value is -2.85. The zero-order chi connectivity index (χ0) is 18.3. The average molecular weight is 365 g/mol. The Balaban J connectivity index is 2.11. The lowest BCUT2D eigenvalue weighted by Gasteiger charge is -2.11. The molecule has 0 saturated heterocycles. The van der Waals surface area contributed by atoms with Gasteiger partial charge in [0.1, 0.15) is 0 Å². The van der Waals surface area contributed by atoms with Crippen molar-refractivity contribution < 1.29 is 4.52 Å². The quantitative estimate of drug-likeness (QED) is 0.512. The highest BCUT2D eigenvalue weighted by Crippen LogP contribution is 2.36. The van der Waals surface area contributed by atoms with Gasteiger partial charge in [-0.05, 0) is 29.7 Å². The molecule has 4 nitrogen and oxygen atoms in total. The average Bonchev–Trinajstić information content (AvgIpc) is 3.12. The summed E-state index contributed by atoms with van der Waals surface area (Å²) >= 11 is 6.23. The Labute approximate surface area is 155 Å². The van der Waals surface area contributed by atoms with Crippen molar-refractivity contribution in [1.29, 1.82) is 0 Å². The lowest BCUT2D eigenvalue weighted by atomic mass is 9.94. The van der Waals surface area contributed by atoms with Crippen molar-refractivity contribution in [3.63, 3.8) is 0 Å². The zero-order valence-electron chi connectivity index (χ0n) is 14.4. The van der Waals surface area contributed by atoms with Crippen LogP contribution in [0, 0.1) is 0 Å². The maximum Gasteiger partial charge on any atom is 0.260 e. The third kappa shape index (κ3) is 2.82. The molecule has 4 rings (SSSR count). The van der Waals surface area contributed by atoms with Crippen LogP contribution in [0.2, 0.25) is 5.02 Å². The highest BCUT2D eigenvalue weighted by Gasteiger charge is 2.20. The number of rotatable bonds is 3. The van der Waals surface area contributed by atoms with Crippen molar-refractivity contribution >= 4 is 22.5 Å². The van der Waals surface area contributed by atoms with Crippen LogP contribution < -0.4 is 5.56 Å². The van der Waals surface area contributed by atoms with E-state index < -0.39 is 0 Å². The standard InChI is InChI=1S/C21H17ClN2O2/c1-12(2)17-11-18(26-24-17)20-19(13-6-4-3-5-7-13)15-10-14(22)8-9-16(15)23-21(20)25/h3-12H,1-2H3,(H,23,25). The van der Waals surface area contributed by atoms with Crippen LogP contribution in [0.4, 0.5) is 0 Å². The number of hydrogen-bond donors (Lipinski definition) is 1. The Morgan fingerprint density at radius 2 is 1.81 bits per heavy atom. The van der Waals surface area contributed by atoms with Crippen LogP contribution in [0.25, 0.3) is 33.4 Å². The molecule has 2 aromatic carbocycles. The Kier molecular flexibility index (Phi) is 4.13. The van der Waals surface area contributed by atoms with Gasteiger partial charge in [0.05, 0.1) is 11.3 Å². The van der Waals surface area contributed by atoms with Crippen LogP contribution in [0.5, 0.6) is 0 Å². The summed E-state index contributed by atoms with van der Waals surface area (Å²) in [6, 6.07) is 17.0. The fourth-order valence-corrected chi connectivity index (χ4v) is 3.26. The van der Waals surface area contributed by atoms with Gasteiger partial charge < -0.3 is 9.51 Å². The van der Waals surface area contributed by atoms with Crippen molar-refractivity contribution in [3.8, 4) is 22.5 Å². The molecule has 2 aromatic heterocycles. The molecule has 0 spiro atoms. The molecule has 1 N–H and O–H groups in total. The smallest absolute Gasteiger partial charge is 0.260 e. The predicted molar refractivity (Wildman–Crippen MR) is 105 cm³/mol. The third-order valence-corrected chi connectivity index (χ3v) is 4.64. The first kappa shape index (κ1) is 16.6. The Morgan fingerprint density at radius 3 is 2.50 bits per heavy atom. The van der Waals surface area contributed by atoms with Gasteiger partial charge in [-0.2, -0.15) is 0 Å². The second-order valence-electron chi connectivity index (χ2n) is 6.53. The topological polar surface area (TPSA) is 58.9 Å². The lowest BCUT2D eigenvalue weighted by Crippen LogP contribution is -2.11. The molecular weight excluding hydrogens is 348 g/mol. The molecule has 0 aliphatic carbocycles. The summed E-state index contributed by atoms with van der Waals surface area (Å²) in [7, 11) is 0. The van der Waals surface area contributed by atoms with E-state index in [1.54, 1.807) is 6.07 Å². The van der Waals surface area contributed by atoms with E-state index in [1.165, 1.54) is 0 Å². The molecule has 0 amide bonds. The molecule has 0 radical (unpaired) electrons. The molecule has 2 heterocycles. The van der Waals surface area contributed by atoms with E-state index in [0.29, 0.717) is 16.3 Å². The molecule has 5 heteroatoms. The monoisotopic (exact) mass is 364 g/mol. The third-order valence-electron chi connectivity index (χ3n) is 4.40. The van der Waals surface area contributed by atoms with Crippen LogP contribution in [-0.4, -0.2) is 10.1 Å². The van der Waals surface area contributed by atoms with Gasteiger partial charge in [0, 0.05) is 27.6 Å². The minimum absolute atomic E-state index is 0.210. The fourth-order valence-electron chi connectivity index (χ4n) is 3.08. The van der Waals surface area contributed by atoms with Gasteiger partial charge in [0.15, 0.2) is 5.76 Å². The normalized spacial score (nSPS) is 11.4. The maximum absolute atomic E-state index is 12.9. The van der Waals surface area contributed by atoms with Gasteiger partial charge in [-0.15, -0.1) is 0 Å². The summed E-state index contributed by atoms with van der Waals surface area (Å²) in [6.07, 6.45) is 0. The molecule has 130 valence electrons. The van der Waals surface area contributed by atoms with Crippen LogP contribution in [0.3, 0.4) is 0 Å². The number of H-pyrrole nitrogens is 1. The minimum Gasteiger partial charge on any atom is -0.356 e. The van der Waals surface area contributed by atoms with Crippen LogP contribution in [-0.2, 0) is 0 Å². The van der Waals surface area contributed by atoms with E-state index >= 15 is 0 Å². The van der Waals surface area contributed by atoms with Gasteiger partial charge in [-0.1, -0.05) is 60.9 Å². The van der Waals surface area contributed by atoms with E-state index in [9.17, 15) is 4.79 Å². The molecule has 0 atom stereocenters. The highest BCUT2D eigenvalue weighted by molar-refractivity contribution is 6.31. The number of nitrogens with one attached hydrogen (secondary N) is 1. The first-order chi connectivity index (χ1) is 12.5. The van der Waals surface area contributed by atoms with Crippen molar-refractivity contribution in [3.05, 3.63) is 75.7 Å². The minimum atomic E-state index is -0.217. The fraction of sp³-hybridized carbons (Fsp3) is 0.143. The number of benzene rings is 2. The van der Waals surface area contributed by atoms with Crippen LogP contribution >= 0.6 is 11.6 Å². The second kappa shape index (κ2) is 6.46. The first-order valence-corrected chi connectivity index (χ1v) is 8.80. The predicted octanol–water partition coefficient (Wildman–Crippen LogP) is 5.63. The number of pyridine rings is 1. The number of aromatic nitrogens is 2. The molecule has 0 unspecified atom stereocenters. The number of halogens is 1. The van der Waals surface area contributed by atoms with Gasteiger partial charge in [0.25, 0.3) is 5.56 Å². The van der Waals surface area contributed by atoms with Crippen LogP contribution in [0.1, 0.15) is 25.5 Å². The molecule has 0 fully saturated rings. The molecular formula is C21H17ClN2O2. The van der Waals surface area contributed by atoms with E-state index in [2.05, 4.69) is 10.1 Å². The molecule has 0 aliphatic heterocycles. The molecule has 0 saturated carbocycles. The highest BCUT2D eigenvalue weighted by atomic mass is 35.5. The summed E-state index contributed by atoms with van der Waals surface area (Å²) in [5.74, 6) is 0.664. The number of fused-ring (bicyclic) bond motifs is 1. The SMILES string of the molecule is CC(C)c1cc(-c2c(-c3ccccc3)c3cc(Cl)ccc3[nH]c2=O)on1. The Morgan fingerprint density at radius 1 is 1.04 bits per heavy atom. The van der Waals surface area contributed by atoms with Gasteiger partial charge in [-0.3, -0.25) is 4.79 Å². The van der Waals surface area contributed by atoms with E-state index in [4.69, 9.17) is 16.1 Å². The molecule has 0 aliphatic rings. The number of aromatic amines is 1. The summed E-state index contributed by atoms with van der Waals surface area (Å²) in [5.41, 5.74) is 3.49. The molecule has 4 aromatic rings. The molecule has 26 heavy (non-hydrogen) atoms. The number of hydrogen-bond acceptors (Lipinski definition) is 3. The van der Waals surface area contributed by atoms with Crippen molar-refractivity contribution in [2.75, 3.05) is 0 Å². The van der Waals surface area contributed by atoms with Gasteiger partial charge in [0.2, 0.25) is 0 Å². The summed E-state index contributed by atoms with van der Waals surface area (Å²) in [6.45, 7) is 4.06. The van der Waals surface area contributed by atoms with Crippen molar-refractivity contribution in [2.24, 2.45) is 0 Å². The van der Waals surface area contributed by atoms with E-state index in [1.807, 2.05) is 62.4 Å². The molecule has 0 bridgehead atoms. The largest absolute Gasteiger partial charge is 0.356 e. The zero-order valence-corrected chi connectivity index (χ0v) is 15.2. The maximum atomic E-state index is 12.9. The number of nitrogens with zero attached hydrogens (tertiary/aromatic N) is 1. The Bertz CT molecular complexity index is 1140. The summed E-state index contributed by atoms with van der Waals surface area (Å²) in [5, 5.41) is 5.58. The van der Waals surface area contributed by atoms with Crippen LogP contribution in [0.15, 0.2) is 63.9 Å². The van der Waals surface area contributed by atoms with Gasteiger partial charge >= 0.3 is 0 Å². The van der Waals surface area contributed by atoms with Gasteiger partial charge in [-0.25, -0.2) is 0 Å². The van der Waals surface area contributed by atoms with Crippen molar-refractivity contribution in [1.82, 2.24) is 10.1 Å². The van der Waals surface area contributed by atoms with E-state index in [0.717, 1.165) is 27.7 Å². The summed E-state index contributed by atoms with van der Waals surface area (Å²) in [4.78, 5) is 15.8. The summed E-state index contributed by atoms with van der Waals surface area (Å²) < 4.78 is 5.53. The van der Waals surface area contributed by atoms with E-state index in [-0.39, 0.29) is 11.5 Å².